The Morgan fingerprint density at radius 2 is 2.00 bits per heavy atom. The van der Waals surface area contributed by atoms with Gasteiger partial charge in [0.1, 0.15) is 0 Å². The van der Waals surface area contributed by atoms with Gasteiger partial charge in [0.05, 0.1) is 0 Å². The van der Waals surface area contributed by atoms with Crippen LogP contribution in [0.4, 0.5) is 0 Å². The van der Waals surface area contributed by atoms with Crippen molar-refractivity contribution in [1.82, 2.24) is 10.2 Å². The van der Waals surface area contributed by atoms with Gasteiger partial charge >= 0.3 is 0 Å². The minimum atomic E-state index is 0.558. The summed E-state index contributed by atoms with van der Waals surface area (Å²) in [6.45, 7) is 5.67. The highest BCUT2D eigenvalue weighted by Gasteiger charge is 2.23. The topological polar surface area (TPSA) is 15.3 Å². The van der Waals surface area contributed by atoms with Crippen molar-refractivity contribution in [3.8, 4) is 0 Å². The van der Waals surface area contributed by atoms with Crippen LogP contribution < -0.4 is 5.32 Å². The molecule has 1 aromatic carbocycles. The summed E-state index contributed by atoms with van der Waals surface area (Å²) in [5.41, 5.74) is 3.04. The number of likely N-dealkylation sites (N-methyl/N-ethyl adjacent to an activating group) is 1. The van der Waals surface area contributed by atoms with Crippen molar-refractivity contribution in [3.05, 3.63) is 35.4 Å². The van der Waals surface area contributed by atoms with E-state index < -0.39 is 0 Å². The molecule has 0 saturated carbocycles. The summed E-state index contributed by atoms with van der Waals surface area (Å²) in [6, 6.07) is 10.0. The average molecular weight is 246 g/mol. The van der Waals surface area contributed by atoms with Crippen molar-refractivity contribution in [2.45, 2.75) is 38.8 Å². The maximum Gasteiger partial charge on any atom is 0.0326 e. The SMILES string of the molecule is CC(C)C(CNC1CCc2ccccc21)N(C)C. The zero-order valence-electron chi connectivity index (χ0n) is 12.1. The van der Waals surface area contributed by atoms with Gasteiger partial charge in [0.2, 0.25) is 0 Å². The first-order valence-electron chi connectivity index (χ1n) is 7.07. The Hall–Kier alpha value is -0.860. The molecular weight excluding hydrogens is 220 g/mol. The number of nitrogens with one attached hydrogen (secondary N) is 1. The van der Waals surface area contributed by atoms with E-state index in [1.54, 1.807) is 0 Å². The van der Waals surface area contributed by atoms with Crippen LogP contribution in [0.2, 0.25) is 0 Å². The van der Waals surface area contributed by atoms with Crippen LogP contribution in [0, 0.1) is 5.92 Å². The van der Waals surface area contributed by atoms with Crippen molar-refractivity contribution in [1.29, 1.82) is 0 Å². The smallest absolute Gasteiger partial charge is 0.0326 e. The van der Waals surface area contributed by atoms with Gasteiger partial charge in [-0.2, -0.15) is 0 Å². The second-order valence-corrected chi connectivity index (χ2v) is 5.97. The van der Waals surface area contributed by atoms with E-state index in [0.29, 0.717) is 18.0 Å². The lowest BCUT2D eigenvalue weighted by molar-refractivity contribution is 0.218. The fraction of sp³-hybridized carbons (Fsp3) is 0.625. The number of hydrogen-bond donors (Lipinski definition) is 1. The quantitative estimate of drug-likeness (QED) is 0.859. The van der Waals surface area contributed by atoms with Gasteiger partial charge in [-0.05, 0) is 44.0 Å². The van der Waals surface area contributed by atoms with E-state index in [1.165, 1.54) is 24.0 Å². The van der Waals surface area contributed by atoms with Crippen molar-refractivity contribution in [3.63, 3.8) is 0 Å². The van der Waals surface area contributed by atoms with Crippen LogP contribution in [0.3, 0.4) is 0 Å². The van der Waals surface area contributed by atoms with Crippen LogP contribution in [-0.4, -0.2) is 31.6 Å². The highest BCUT2D eigenvalue weighted by atomic mass is 15.1. The summed E-state index contributed by atoms with van der Waals surface area (Å²) in [5.74, 6) is 0.684. The molecule has 1 aromatic rings. The molecule has 18 heavy (non-hydrogen) atoms. The summed E-state index contributed by atoms with van der Waals surface area (Å²) in [6.07, 6.45) is 2.47. The van der Waals surface area contributed by atoms with Crippen LogP contribution in [0.1, 0.15) is 37.4 Å². The maximum absolute atomic E-state index is 3.76. The fourth-order valence-corrected chi connectivity index (χ4v) is 3.05. The van der Waals surface area contributed by atoms with Gasteiger partial charge in [-0.3, -0.25) is 0 Å². The van der Waals surface area contributed by atoms with Gasteiger partial charge in [0, 0.05) is 18.6 Å². The summed E-state index contributed by atoms with van der Waals surface area (Å²) < 4.78 is 0. The molecule has 0 fully saturated rings. The highest BCUT2D eigenvalue weighted by molar-refractivity contribution is 5.34. The second-order valence-electron chi connectivity index (χ2n) is 5.97. The molecule has 0 aromatic heterocycles. The van der Waals surface area contributed by atoms with Crippen LogP contribution >= 0.6 is 0 Å². The molecule has 0 aliphatic heterocycles. The van der Waals surface area contributed by atoms with Crippen molar-refractivity contribution >= 4 is 0 Å². The summed E-state index contributed by atoms with van der Waals surface area (Å²) in [7, 11) is 4.35. The summed E-state index contributed by atoms with van der Waals surface area (Å²) >= 11 is 0. The maximum atomic E-state index is 3.76. The lowest BCUT2D eigenvalue weighted by Crippen LogP contribution is -2.42. The lowest BCUT2D eigenvalue weighted by Gasteiger charge is -2.29. The molecule has 0 radical (unpaired) electrons. The van der Waals surface area contributed by atoms with E-state index in [2.05, 4.69) is 62.4 Å². The Bertz CT molecular complexity index is 376. The van der Waals surface area contributed by atoms with E-state index >= 15 is 0 Å². The number of rotatable bonds is 5. The molecule has 0 spiro atoms. The number of fused-ring (bicyclic) bond motifs is 1. The molecule has 1 N–H and O–H groups in total. The molecular formula is C16H26N2. The van der Waals surface area contributed by atoms with Crippen LogP contribution in [-0.2, 0) is 6.42 Å². The Morgan fingerprint density at radius 3 is 2.67 bits per heavy atom. The average Bonchev–Trinajstić information content (AvgIpc) is 2.72. The Morgan fingerprint density at radius 1 is 1.28 bits per heavy atom. The normalized spacial score (nSPS) is 20.4. The molecule has 0 saturated heterocycles. The van der Waals surface area contributed by atoms with Crippen LogP contribution in [0.25, 0.3) is 0 Å². The zero-order valence-corrected chi connectivity index (χ0v) is 12.1. The second kappa shape index (κ2) is 5.85. The molecule has 2 rings (SSSR count). The van der Waals surface area contributed by atoms with Crippen LogP contribution in [0.5, 0.6) is 0 Å². The molecule has 2 nitrogen and oxygen atoms in total. The largest absolute Gasteiger partial charge is 0.308 e. The Kier molecular flexibility index (Phi) is 4.41. The van der Waals surface area contributed by atoms with E-state index in [4.69, 9.17) is 0 Å². The zero-order chi connectivity index (χ0) is 13.1. The third-order valence-corrected chi connectivity index (χ3v) is 4.14. The Labute approximate surface area is 111 Å². The first-order valence-corrected chi connectivity index (χ1v) is 7.07. The number of hydrogen-bond acceptors (Lipinski definition) is 2. The molecule has 0 bridgehead atoms. The van der Waals surface area contributed by atoms with Crippen LogP contribution in [0.15, 0.2) is 24.3 Å². The van der Waals surface area contributed by atoms with Gasteiger partial charge in [-0.25, -0.2) is 0 Å². The standard InChI is InChI=1S/C16H26N2/c1-12(2)16(18(3)4)11-17-15-10-9-13-7-5-6-8-14(13)15/h5-8,12,15-17H,9-11H2,1-4H3. The van der Waals surface area contributed by atoms with Gasteiger partial charge in [0.25, 0.3) is 0 Å². The monoisotopic (exact) mass is 246 g/mol. The number of aryl methyl sites for hydroxylation is 1. The minimum absolute atomic E-state index is 0.558. The molecule has 2 heteroatoms. The number of nitrogens with zero attached hydrogens (tertiary/aromatic N) is 1. The summed E-state index contributed by atoms with van der Waals surface area (Å²) in [4.78, 5) is 2.33. The predicted octanol–water partition coefficient (Wildman–Crippen LogP) is 2.85. The first kappa shape index (κ1) is 13.6. The predicted molar refractivity (Wildman–Crippen MR) is 77.8 cm³/mol. The van der Waals surface area contributed by atoms with Gasteiger partial charge in [0.15, 0.2) is 0 Å². The van der Waals surface area contributed by atoms with Crippen molar-refractivity contribution in [2.75, 3.05) is 20.6 Å². The van der Waals surface area contributed by atoms with Crippen molar-refractivity contribution < 1.29 is 0 Å². The lowest BCUT2D eigenvalue weighted by atomic mass is 10.0. The molecule has 1 aliphatic rings. The first-order chi connectivity index (χ1) is 8.59. The molecule has 0 amide bonds. The number of benzene rings is 1. The molecule has 2 atom stereocenters. The van der Waals surface area contributed by atoms with Gasteiger partial charge in [-0.15, -0.1) is 0 Å². The molecule has 2 unspecified atom stereocenters. The third-order valence-electron chi connectivity index (χ3n) is 4.14. The van der Waals surface area contributed by atoms with Gasteiger partial charge < -0.3 is 10.2 Å². The van der Waals surface area contributed by atoms with E-state index in [1.807, 2.05) is 0 Å². The summed E-state index contributed by atoms with van der Waals surface area (Å²) in [5, 5.41) is 3.76. The highest BCUT2D eigenvalue weighted by Crippen LogP contribution is 2.30. The third kappa shape index (κ3) is 2.93. The van der Waals surface area contributed by atoms with E-state index in [9.17, 15) is 0 Å². The van der Waals surface area contributed by atoms with Gasteiger partial charge in [-0.1, -0.05) is 38.1 Å². The minimum Gasteiger partial charge on any atom is -0.308 e. The molecule has 100 valence electrons. The van der Waals surface area contributed by atoms with E-state index in [0.717, 1.165) is 6.54 Å². The fourth-order valence-electron chi connectivity index (χ4n) is 3.05. The molecule has 0 heterocycles. The van der Waals surface area contributed by atoms with E-state index in [-0.39, 0.29) is 0 Å². The Balaban J connectivity index is 1.96. The molecule has 1 aliphatic carbocycles. The van der Waals surface area contributed by atoms with Crippen molar-refractivity contribution in [2.24, 2.45) is 5.92 Å².